The Morgan fingerprint density at radius 3 is 2.55 bits per heavy atom. The lowest BCUT2D eigenvalue weighted by Crippen LogP contribution is -2.12. The second-order valence-electron chi connectivity index (χ2n) is 6.14. The van der Waals surface area contributed by atoms with Crippen LogP contribution in [-0.2, 0) is 0 Å². The summed E-state index contributed by atoms with van der Waals surface area (Å²) in [5, 5.41) is 6.96. The van der Waals surface area contributed by atoms with Crippen molar-refractivity contribution in [2.45, 2.75) is 0 Å². The number of nitrogens with one attached hydrogen (secondary N) is 1. The number of benzene rings is 3. The number of hydrogen-bond donors (Lipinski definition) is 1. The average Bonchev–Trinajstić information content (AvgIpc) is 3.25. The quantitative estimate of drug-likeness (QED) is 0.439. The van der Waals surface area contributed by atoms with Gasteiger partial charge in [-0.05, 0) is 46.3 Å². The van der Waals surface area contributed by atoms with Crippen molar-refractivity contribution in [3.63, 3.8) is 0 Å². The Bertz CT molecular complexity index is 1160. The largest absolute Gasteiger partial charge is 0.496 e. The molecule has 1 N–H and O–H groups in total. The second-order valence-corrected chi connectivity index (χ2v) is 6.99. The van der Waals surface area contributed by atoms with Gasteiger partial charge in [-0.15, -0.1) is 0 Å². The average molecular weight is 450 g/mol. The third-order valence-electron chi connectivity index (χ3n) is 4.28. The topological polar surface area (TPSA) is 77.2 Å². The Labute approximate surface area is 175 Å². The van der Waals surface area contributed by atoms with Crippen LogP contribution in [0.4, 0.5) is 5.69 Å². The number of aromatic nitrogens is 2. The molecule has 4 aromatic rings. The normalized spacial score (nSPS) is 10.6. The highest BCUT2D eigenvalue weighted by Gasteiger charge is 2.16. The number of anilines is 1. The first-order valence-electron chi connectivity index (χ1n) is 8.79. The molecule has 0 atom stereocenters. The number of carbonyl (C=O) groups excluding carboxylic acids is 1. The molecule has 0 unspecified atom stereocenters. The van der Waals surface area contributed by atoms with E-state index in [-0.39, 0.29) is 5.91 Å². The zero-order valence-electron chi connectivity index (χ0n) is 15.4. The van der Waals surface area contributed by atoms with Crippen LogP contribution in [0.3, 0.4) is 0 Å². The zero-order valence-corrected chi connectivity index (χ0v) is 17.0. The van der Waals surface area contributed by atoms with Crippen LogP contribution >= 0.6 is 15.9 Å². The van der Waals surface area contributed by atoms with Gasteiger partial charge in [0.1, 0.15) is 5.75 Å². The summed E-state index contributed by atoms with van der Waals surface area (Å²) in [4.78, 5) is 17.2. The molecule has 0 bridgehead atoms. The highest BCUT2D eigenvalue weighted by molar-refractivity contribution is 9.10. The van der Waals surface area contributed by atoms with E-state index in [2.05, 4.69) is 31.4 Å². The fourth-order valence-electron chi connectivity index (χ4n) is 2.82. The summed E-state index contributed by atoms with van der Waals surface area (Å²) in [6.07, 6.45) is 0. The summed E-state index contributed by atoms with van der Waals surface area (Å²) in [6.45, 7) is 0. The summed E-state index contributed by atoms with van der Waals surface area (Å²) in [5.74, 6) is 1.21. The van der Waals surface area contributed by atoms with E-state index in [9.17, 15) is 4.79 Å². The van der Waals surface area contributed by atoms with Gasteiger partial charge in [0, 0.05) is 11.1 Å². The molecule has 4 rings (SSSR count). The van der Waals surface area contributed by atoms with Crippen molar-refractivity contribution < 1.29 is 14.1 Å². The summed E-state index contributed by atoms with van der Waals surface area (Å²) in [7, 11) is 1.57. The standard InChI is InChI=1S/C22H16BrN3O3/c1-28-19-12-11-15(13-17(19)23)21(27)24-18-10-6-5-9-16(18)22-25-20(26-29-22)14-7-3-2-4-8-14/h2-13H,1H3,(H,24,27). The molecule has 6 nitrogen and oxygen atoms in total. The number of ether oxygens (including phenoxy) is 1. The van der Waals surface area contributed by atoms with Crippen LogP contribution in [-0.4, -0.2) is 23.2 Å². The summed E-state index contributed by atoms with van der Waals surface area (Å²) >= 11 is 3.40. The molecule has 0 saturated carbocycles. The lowest BCUT2D eigenvalue weighted by molar-refractivity contribution is 0.102. The van der Waals surface area contributed by atoms with Crippen LogP contribution in [0.5, 0.6) is 5.75 Å². The number of amides is 1. The highest BCUT2D eigenvalue weighted by atomic mass is 79.9. The molecular formula is C22H16BrN3O3. The number of rotatable bonds is 5. The molecule has 1 amide bonds. The van der Waals surface area contributed by atoms with Crippen molar-refractivity contribution in [1.82, 2.24) is 10.1 Å². The van der Waals surface area contributed by atoms with Crippen LogP contribution in [0.1, 0.15) is 10.4 Å². The van der Waals surface area contributed by atoms with Gasteiger partial charge in [0.25, 0.3) is 11.8 Å². The Morgan fingerprint density at radius 2 is 1.79 bits per heavy atom. The lowest BCUT2D eigenvalue weighted by atomic mass is 10.1. The smallest absolute Gasteiger partial charge is 0.260 e. The molecule has 0 spiro atoms. The van der Waals surface area contributed by atoms with E-state index in [0.717, 1.165) is 5.56 Å². The highest BCUT2D eigenvalue weighted by Crippen LogP contribution is 2.30. The number of para-hydroxylation sites is 1. The number of hydrogen-bond acceptors (Lipinski definition) is 5. The van der Waals surface area contributed by atoms with Gasteiger partial charge < -0.3 is 14.6 Å². The molecule has 0 aliphatic carbocycles. The van der Waals surface area contributed by atoms with Crippen LogP contribution in [0.25, 0.3) is 22.8 Å². The van der Waals surface area contributed by atoms with Crippen LogP contribution < -0.4 is 10.1 Å². The van der Waals surface area contributed by atoms with Crippen molar-refractivity contribution in [3.8, 4) is 28.6 Å². The van der Waals surface area contributed by atoms with E-state index >= 15 is 0 Å². The van der Waals surface area contributed by atoms with Gasteiger partial charge in [0.2, 0.25) is 5.82 Å². The summed E-state index contributed by atoms with van der Waals surface area (Å²) in [5.41, 5.74) is 2.56. The Hall–Kier alpha value is -3.45. The zero-order chi connectivity index (χ0) is 20.2. The molecule has 3 aromatic carbocycles. The van der Waals surface area contributed by atoms with Gasteiger partial charge in [-0.2, -0.15) is 4.98 Å². The number of nitrogens with zero attached hydrogens (tertiary/aromatic N) is 2. The maximum Gasteiger partial charge on any atom is 0.260 e. The Kier molecular flexibility index (Phi) is 5.39. The molecule has 29 heavy (non-hydrogen) atoms. The van der Waals surface area contributed by atoms with E-state index in [4.69, 9.17) is 9.26 Å². The van der Waals surface area contributed by atoms with Crippen molar-refractivity contribution in [2.24, 2.45) is 0 Å². The van der Waals surface area contributed by atoms with Crippen LogP contribution in [0.15, 0.2) is 81.8 Å². The molecule has 0 saturated heterocycles. The molecule has 144 valence electrons. The maximum atomic E-state index is 12.7. The predicted molar refractivity (Wildman–Crippen MR) is 114 cm³/mol. The molecule has 0 fully saturated rings. The molecule has 1 heterocycles. The minimum absolute atomic E-state index is 0.261. The second kappa shape index (κ2) is 8.28. The van der Waals surface area contributed by atoms with E-state index in [0.29, 0.717) is 38.8 Å². The fourth-order valence-corrected chi connectivity index (χ4v) is 3.36. The van der Waals surface area contributed by atoms with Gasteiger partial charge in [-0.1, -0.05) is 47.6 Å². The van der Waals surface area contributed by atoms with E-state index in [1.54, 1.807) is 31.4 Å². The minimum Gasteiger partial charge on any atom is -0.496 e. The first-order valence-corrected chi connectivity index (χ1v) is 9.58. The predicted octanol–water partition coefficient (Wildman–Crippen LogP) is 5.43. The molecular weight excluding hydrogens is 434 g/mol. The SMILES string of the molecule is COc1ccc(C(=O)Nc2ccccc2-c2nc(-c3ccccc3)no2)cc1Br. The first kappa shape index (κ1) is 18.9. The minimum atomic E-state index is -0.261. The molecule has 0 radical (unpaired) electrons. The van der Waals surface area contributed by atoms with Gasteiger partial charge in [-0.3, -0.25) is 4.79 Å². The van der Waals surface area contributed by atoms with Crippen molar-refractivity contribution in [3.05, 3.63) is 82.8 Å². The molecule has 0 aliphatic rings. The summed E-state index contributed by atoms with van der Waals surface area (Å²) in [6, 6.07) is 22.0. The number of carbonyl (C=O) groups is 1. The maximum absolute atomic E-state index is 12.7. The molecule has 7 heteroatoms. The molecule has 0 aliphatic heterocycles. The fraction of sp³-hybridized carbons (Fsp3) is 0.0455. The van der Waals surface area contributed by atoms with Crippen molar-refractivity contribution in [2.75, 3.05) is 12.4 Å². The number of methoxy groups -OCH3 is 1. The molecule has 1 aromatic heterocycles. The van der Waals surface area contributed by atoms with Gasteiger partial charge in [0.05, 0.1) is 22.8 Å². The van der Waals surface area contributed by atoms with E-state index < -0.39 is 0 Å². The van der Waals surface area contributed by atoms with Gasteiger partial charge in [0.15, 0.2) is 0 Å². The summed E-state index contributed by atoms with van der Waals surface area (Å²) < 4.78 is 11.4. The van der Waals surface area contributed by atoms with E-state index in [1.165, 1.54) is 0 Å². The van der Waals surface area contributed by atoms with Crippen molar-refractivity contribution >= 4 is 27.5 Å². The Morgan fingerprint density at radius 1 is 1.03 bits per heavy atom. The monoisotopic (exact) mass is 449 g/mol. The first-order chi connectivity index (χ1) is 14.2. The third kappa shape index (κ3) is 4.05. The van der Waals surface area contributed by atoms with Gasteiger partial charge >= 0.3 is 0 Å². The number of halogens is 1. The van der Waals surface area contributed by atoms with Gasteiger partial charge in [-0.25, -0.2) is 0 Å². The third-order valence-corrected chi connectivity index (χ3v) is 4.90. The van der Waals surface area contributed by atoms with E-state index in [1.807, 2.05) is 48.5 Å². The van der Waals surface area contributed by atoms with Crippen LogP contribution in [0.2, 0.25) is 0 Å². The Balaban J connectivity index is 1.62. The van der Waals surface area contributed by atoms with Crippen LogP contribution in [0, 0.1) is 0 Å². The van der Waals surface area contributed by atoms with Crippen molar-refractivity contribution in [1.29, 1.82) is 0 Å². The lowest BCUT2D eigenvalue weighted by Gasteiger charge is -2.10.